The minimum atomic E-state index is -0.228. The predicted molar refractivity (Wildman–Crippen MR) is 86.9 cm³/mol. The second-order valence-electron chi connectivity index (χ2n) is 5.18. The number of hydrogen-bond acceptors (Lipinski definition) is 3. The standard InChI is InChI=1S/C17H22FNOS/c1-5-8-19-16(17-11(2)9-12(3)21-17)14-7-6-13(20-4)10-15(14)18/h6-7,9-10,16,19H,5,8H2,1-4H3. The van der Waals surface area contributed by atoms with Crippen LogP contribution in [0.5, 0.6) is 5.75 Å². The number of rotatable bonds is 6. The van der Waals surface area contributed by atoms with Crippen molar-refractivity contribution < 1.29 is 9.13 Å². The number of benzene rings is 1. The van der Waals surface area contributed by atoms with Gasteiger partial charge in [0, 0.05) is 21.4 Å². The number of methoxy groups -OCH3 is 1. The van der Waals surface area contributed by atoms with Crippen molar-refractivity contribution in [2.75, 3.05) is 13.7 Å². The van der Waals surface area contributed by atoms with Gasteiger partial charge in [-0.2, -0.15) is 0 Å². The number of halogens is 1. The van der Waals surface area contributed by atoms with E-state index in [0.717, 1.165) is 13.0 Å². The van der Waals surface area contributed by atoms with Gasteiger partial charge in [0.05, 0.1) is 13.2 Å². The molecule has 114 valence electrons. The molecule has 0 bridgehead atoms. The molecule has 0 fully saturated rings. The molecule has 1 heterocycles. The molecule has 1 N–H and O–H groups in total. The van der Waals surface area contributed by atoms with E-state index in [-0.39, 0.29) is 11.9 Å². The highest BCUT2D eigenvalue weighted by Crippen LogP contribution is 2.34. The maximum absolute atomic E-state index is 14.4. The SMILES string of the molecule is CCCNC(c1ccc(OC)cc1F)c1sc(C)cc1C. The molecule has 21 heavy (non-hydrogen) atoms. The molecule has 1 atom stereocenters. The third kappa shape index (κ3) is 3.63. The minimum Gasteiger partial charge on any atom is -0.497 e. The Labute approximate surface area is 130 Å². The van der Waals surface area contributed by atoms with E-state index in [0.29, 0.717) is 11.3 Å². The van der Waals surface area contributed by atoms with Crippen LogP contribution in [0.15, 0.2) is 24.3 Å². The Kier molecular flexibility index (Phi) is 5.37. The summed E-state index contributed by atoms with van der Waals surface area (Å²) in [4.78, 5) is 2.43. The van der Waals surface area contributed by atoms with Crippen LogP contribution in [0, 0.1) is 19.7 Å². The van der Waals surface area contributed by atoms with Gasteiger partial charge in [0.2, 0.25) is 0 Å². The normalized spacial score (nSPS) is 12.4. The molecule has 0 aliphatic heterocycles. The lowest BCUT2D eigenvalue weighted by Crippen LogP contribution is -2.24. The number of nitrogens with one attached hydrogen (secondary N) is 1. The van der Waals surface area contributed by atoms with Gasteiger partial charge in [-0.05, 0) is 44.5 Å². The van der Waals surface area contributed by atoms with Crippen molar-refractivity contribution in [3.8, 4) is 5.75 Å². The van der Waals surface area contributed by atoms with Crippen LogP contribution in [0.3, 0.4) is 0 Å². The van der Waals surface area contributed by atoms with Crippen LogP contribution in [0.4, 0.5) is 4.39 Å². The molecule has 2 nitrogen and oxygen atoms in total. The summed E-state index contributed by atoms with van der Waals surface area (Å²) < 4.78 is 19.5. The van der Waals surface area contributed by atoms with Crippen molar-refractivity contribution >= 4 is 11.3 Å². The first kappa shape index (κ1) is 16.0. The molecule has 0 aliphatic carbocycles. The Bertz CT molecular complexity index is 609. The zero-order valence-corrected chi connectivity index (χ0v) is 13.8. The van der Waals surface area contributed by atoms with Crippen LogP contribution in [0.1, 0.15) is 40.3 Å². The zero-order valence-electron chi connectivity index (χ0n) is 13.0. The van der Waals surface area contributed by atoms with Crippen LogP contribution in [0.25, 0.3) is 0 Å². The molecular weight excluding hydrogens is 285 g/mol. The molecule has 1 unspecified atom stereocenters. The van der Waals surface area contributed by atoms with Crippen molar-refractivity contribution in [2.45, 2.75) is 33.2 Å². The lowest BCUT2D eigenvalue weighted by molar-refractivity contribution is 0.410. The molecule has 2 rings (SSSR count). The van der Waals surface area contributed by atoms with Crippen molar-refractivity contribution in [2.24, 2.45) is 0 Å². The molecule has 0 saturated heterocycles. The predicted octanol–water partition coefficient (Wildman–Crippen LogP) is 4.60. The van der Waals surface area contributed by atoms with Crippen molar-refractivity contribution in [3.05, 3.63) is 51.0 Å². The molecule has 4 heteroatoms. The highest BCUT2D eigenvalue weighted by molar-refractivity contribution is 7.12. The second kappa shape index (κ2) is 7.05. The summed E-state index contributed by atoms with van der Waals surface area (Å²) in [5.41, 5.74) is 1.88. The minimum absolute atomic E-state index is 0.102. The van der Waals surface area contributed by atoms with Crippen molar-refractivity contribution in [1.29, 1.82) is 0 Å². The average molecular weight is 307 g/mol. The first-order chi connectivity index (χ1) is 10.1. The Hall–Kier alpha value is -1.39. The van der Waals surface area contributed by atoms with Gasteiger partial charge in [-0.25, -0.2) is 4.39 Å². The molecule has 1 aromatic carbocycles. The summed E-state index contributed by atoms with van der Waals surface area (Å²) in [7, 11) is 1.55. The van der Waals surface area contributed by atoms with Crippen LogP contribution >= 0.6 is 11.3 Å². The summed E-state index contributed by atoms with van der Waals surface area (Å²) in [6, 6.07) is 7.13. The van der Waals surface area contributed by atoms with E-state index in [2.05, 4.69) is 32.2 Å². The number of ether oxygens (including phenoxy) is 1. The number of thiophene rings is 1. The largest absolute Gasteiger partial charge is 0.497 e. The highest BCUT2D eigenvalue weighted by atomic mass is 32.1. The lowest BCUT2D eigenvalue weighted by atomic mass is 10.0. The van der Waals surface area contributed by atoms with E-state index in [9.17, 15) is 4.39 Å². The fourth-order valence-corrected chi connectivity index (χ4v) is 3.58. The number of hydrogen-bond donors (Lipinski definition) is 1. The van der Waals surface area contributed by atoms with Crippen molar-refractivity contribution in [1.82, 2.24) is 5.32 Å². The van der Waals surface area contributed by atoms with Gasteiger partial charge in [-0.3, -0.25) is 0 Å². The topological polar surface area (TPSA) is 21.3 Å². The number of aryl methyl sites for hydroxylation is 2. The molecule has 0 aliphatic rings. The van der Waals surface area contributed by atoms with Crippen LogP contribution in [0.2, 0.25) is 0 Å². The van der Waals surface area contributed by atoms with E-state index < -0.39 is 0 Å². The third-order valence-electron chi connectivity index (χ3n) is 3.46. The first-order valence-electron chi connectivity index (χ1n) is 7.20. The van der Waals surface area contributed by atoms with Crippen LogP contribution in [-0.4, -0.2) is 13.7 Å². The van der Waals surface area contributed by atoms with Gasteiger partial charge in [-0.15, -0.1) is 11.3 Å². The fraction of sp³-hybridized carbons (Fsp3) is 0.412. The Balaban J connectivity index is 2.42. The average Bonchev–Trinajstić information content (AvgIpc) is 2.79. The highest BCUT2D eigenvalue weighted by Gasteiger charge is 2.21. The van der Waals surface area contributed by atoms with Gasteiger partial charge in [0.25, 0.3) is 0 Å². The lowest BCUT2D eigenvalue weighted by Gasteiger charge is -2.20. The molecule has 0 spiro atoms. The monoisotopic (exact) mass is 307 g/mol. The summed E-state index contributed by atoms with van der Waals surface area (Å²) in [5.74, 6) is 0.318. The van der Waals surface area contributed by atoms with Gasteiger partial charge in [0.15, 0.2) is 0 Å². The Morgan fingerprint density at radius 1 is 1.29 bits per heavy atom. The van der Waals surface area contributed by atoms with Crippen LogP contribution in [-0.2, 0) is 0 Å². The second-order valence-corrected chi connectivity index (χ2v) is 6.47. The van der Waals surface area contributed by atoms with E-state index in [1.807, 2.05) is 12.1 Å². The fourth-order valence-electron chi connectivity index (χ4n) is 2.45. The maximum atomic E-state index is 14.4. The first-order valence-corrected chi connectivity index (χ1v) is 8.02. The Morgan fingerprint density at radius 2 is 2.05 bits per heavy atom. The zero-order chi connectivity index (χ0) is 15.4. The summed E-state index contributed by atoms with van der Waals surface area (Å²) in [5, 5.41) is 3.46. The summed E-state index contributed by atoms with van der Waals surface area (Å²) in [6.07, 6.45) is 1.01. The molecule has 2 aromatic rings. The van der Waals surface area contributed by atoms with E-state index in [1.165, 1.54) is 21.4 Å². The van der Waals surface area contributed by atoms with E-state index in [4.69, 9.17) is 4.74 Å². The quantitative estimate of drug-likeness (QED) is 0.842. The van der Waals surface area contributed by atoms with Crippen molar-refractivity contribution in [3.63, 3.8) is 0 Å². The third-order valence-corrected chi connectivity index (χ3v) is 4.68. The smallest absolute Gasteiger partial charge is 0.132 e. The van der Waals surface area contributed by atoms with Gasteiger partial charge in [0.1, 0.15) is 11.6 Å². The molecule has 0 saturated carbocycles. The molecule has 1 aromatic heterocycles. The summed E-state index contributed by atoms with van der Waals surface area (Å²) in [6.45, 7) is 7.14. The molecule has 0 amide bonds. The van der Waals surface area contributed by atoms with Gasteiger partial charge < -0.3 is 10.1 Å². The van der Waals surface area contributed by atoms with E-state index >= 15 is 0 Å². The van der Waals surface area contributed by atoms with Crippen LogP contribution < -0.4 is 10.1 Å². The molecule has 0 radical (unpaired) electrons. The maximum Gasteiger partial charge on any atom is 0.132 e. The summed E-state index contributed by atoms with van der Waals surface area (Å²) >= 11 is 1.73. The molecular formula is C17H22FNOS. The van der Waals surface area contributed by atoms with E-state index in [1.54, 1.807) is 18.4 Å². The Morgan fingerprint density at radius 3 is 2.57 bits per heavy atom. The van der Waals surface area contributed by atoms with Gasteiger partial charge >= 0.3 is 0 Å². The van der Waals surface area contributed by atoms with Gasteiger partial charge in [-0.1, -0.05) is 13.0 Å².